The molecule has 1 heterocycles. The molecule has 0 N–H and O–H groups in total. The molecule has 2 rings (SSSR count). The van der Waals surface area contributed by atoms with Crippen LogP contribution in [0.25, 0.3) is 0 Å². The number of carbonyl (C=O) groups is 1. The molecule has 0 radical (unpaired) electrons. The van der Waals surface area contributed by atoms with Gasteiger partial charge in [0, 0.05) is 34.0 Å². The second kappa shape index (κ2) is 12.4. The van der Waals surface area contributed by atoms with E-state index >= 15 is 0 Å². The van der Waals surface area contributed by atoms with Crippen molar-refractivity contribution in [2.24, 2.45) is 0 Å². The number of benzene rings is 1. The lowest BCUT2D eigenvalue weighted by Gasteiger charge is -2.34. The zero-order valence-electron chi connectivity index (χ0n) is 16.1. The van der Waals surface area contributed by atoms with Crippen molar-refractivity contribution < 1.29 is 39.5 Å². The molecule has 1 fully saturated rings. The Morgan fingerprint density at radius 2 is 1.77 bits per heavy atom. The van der Waals surface area contributed by atoms with Gasteiger partial charge >= 0.3 is 20.4 Å². The summed E-state index contributed by atoms with van der Waals surface area (Å²) >= 11 is 0. The fourth-order valence-corrected chi connectivity index (χ4v) is 4.61. The minimum Gasteiger partial charge on any atom is -0.466 e. The predicted octanol–water partition coefficient (Wildman–Crippen LogP) is 4.33. The van der Waals surface area contributed by atoms with Gasteiger partial charge in [-0.2, -0.15) is 25.9 Å². The molecule has 1 aromatic rings. The molecule has 1 unspecified atom stereocenters. The van der Waals surface area contributed by atoms with Crippen LogP contribution < -0.4 is 0 Å². The van der Waals surface area contributed by atoms with Gasteiger partial charge in [-0.15, -0.1) is 12.4 Å². The molecule has 7 nitrogen and oxygen atoms in total. The van der Waals surface area contributed by atoms with Crippen LogP contribution in [0.15, 0.2) is 29.2 Å². The van der Waals surface area contributed by atoms with E-state index in [4.69, 9.17) is 13.2 Å². The molecular weight excluding hydrogens is 530 g/mol. The fourth-order valence-electron chi connectivity index (χ4n) is 2.88. The Morgan fingerprint density at radius 3 is 2.29 bits per heavy atom. The van der Waals surface area contributed by atoms with E-state index in [1.165, 1.54) is 0 Å². The van der Waals surface area contributed by atoms with Crippen LogP contribution >= 0.6 is 33.8 Å². The van der Waals surface area contributed by atoms with Crippen LogP contribution in [0.2, 0.25) is 0 Å². The predicted molar refractivity (Wildman–Crippen MR) is 112 cm³/mol. The summed E-state index contributed by atoms with van der Waals surface area (Å²) in [4.78, 5) is 11.3. The van der Waals surface area contributed by atoms with Crippen LogP contribution in [0.3, 0.4) is 0 Å². The standard InChI is InChI=1S/C16H20F3NO4S.Cl2O2S.ClH/c1-2-24-15(21)11-13-7-3-4-9-20(13)25(22,23)14-8-5-6-12(10-14)16(17,18)19;1-5(2,3)4;/h5-6,8,10,13H,2-4,7,9,11H2,1H3;;1H. The van der Waals surface area contributed by atoms with E-state index in [-0.39, 0.29) is 32.0 Å². The van der Waals surface area contributed by atoms with Gasteiger partial charge in [0.25, 0.3) is 0 Å². The van der Waals surface area contributed by atoms with E-state index in [0.29, 0.717) is 18.9 Å². The summed E-state index contributed by atoms with van der Waals surface area (Å²) in [5, 5.41) is 0. The van der Waals surface area contributed by atoms with Crippen molar-refractivity contribution in [1.29, 1.82) is 0 Å². The quantitative estimate of drug-likeness (QED) is 0.400. The molecule has 0 bridgehead atoms. The van der Waals surface area contributed by atoms with Gasteiger partial charge in [-0.05, 0) is 38.0 Å². The molecule has 15 heteroatoms. The maximum absolute atomic E-state index is 12.9. The second-order valence-corrected chi connectivity index (χ2v) is 11.7. The largest absolute Gasteiger partial charge is 0.466 e. The number of carbonyl (C=O) groups excluding carboxylic acids is 1. The van der Waals surface area contributed by atoms with Gasteiger partial charge in [0.05, 0.1) is 23.5 Å². The molecule has 1 aliphatic heterocycles. The SMILES string of the molecule is CCOC(=O)CC1CCCCN1S(=O)(=O)c1cccc(C(F)(F)F)c1.Cl.O=S(=O)(Cl)Cl. The third-order valence-electron chi connectivity index (χ3n) is 4.05. The van der Waals surface area contributed by atoms with Crippen LogP contribution in [0.5, 0.6) is 0 Å². The molecule has 1 aliphatic rings. The number of hydrogen-bond acceptors (Lipinski definition) is 6. The fraction of sp³-hybridized carbons (Fsp3) is 0.562. The van der Waals surface area contributed by atoms with E-state index in [0.717, 1.165) is 28.9 Å². The number of hydrogen-bond donors (Lipinski definition) is 0. The summed E-state index contributed by atoms with van der Waals surface area (Å²) in [6, 6.07) is 3.06. The van der Waals surface area contributed by atoms with Crippen molar-refractivity contribution >= 4 is 58.0 Å². The highest BCUT2D eigenvalue weighted by molar-refractivity contribution is 8.31. The molecule has 180 valence electrons. The summed E-state index contributed by atoms with van der Waals surface area (Å²) < 4.78 is 88.6. The lowest BCUT2D eigenvalue weighted by Crippen LogP contribution is -2.44. The minimum absolute atomic E-state index is 0. The van der Waals surface area contributed by atoms with Crippen molar-refractivity contribution in [3.05, 3.63) is 29.8 Å². The van der Waals surface area contributed by atoms with Crippen molar-refractivity contribution in [2.45, 2.75) is 49.7 Å². The number of piperidine rings is 1. The molecule has 0 amide bonds. The molecule has 1 atom stereocenters. The number of ether oxygens (including phenoxy) is 1. The average Bonchev–Trinajstić information content (AvgIpc) is 2.60. The number of esters is 1. The van der Waals surface area contributed by atoms with Crippen molar-refractivity contribution in [2.75, 3.05) is 13.2 Å². The Bertz CT molecular complexity index is 934. The Morgan fingerprint density at radius 1 is 1.19 bits per heavy atom. The first-order valence-corrected chi connectivity index (χ1v) is 13.2. The zero-order chi connectivity index (χ0) is 23.2. The smallest absolute Gasteiger partial charge is 0.416 e. The normalized spacial score (nSPS) is 17.7. The monoisotopic (exact) mass is 549 g/mol. The summed E-state index contributed by atoms with van der Waals surface area (Å²) in [6.07, 6.45) is -2.92. The van der Waals surface area contributed by atoms with Crippen molar-refractivity contribution in [3.8, 4) is 0 Å². The van der Waals surface area contributed by atoms with Gasteiger partial charge in [-0.1, -0.05) is 12.5 Å². The van der Waals surface area contributed by atoms with Crippen LogP contribution in [0.4, 0.5) is 13.2 Å². The van der Waals surface area contributed by atoms with Crippen LogP contribution in [-0.4, -0.2) is 46.3 Å². The molecule has 1 saturated heterocycles. The average molecular weight is 551 g/mol. The number of halogens is 6. The van der Waals surface area contributed by atoms with Crippen LogP contribution in [0, 0.1) is 0 Å². The molecule has 31 heavy (non-hydrogen) atoms. The maximum atomic E-state index is 12.9. The third kappa shape index (κ3) is 10.6. The summed E-state index contributed by atoms with van der Waals surface area (Å²) in [5.41, 5.74) is -1.02. The van der Waals surface area contributed by atoms with Gasteiger partial charge in [-0.3, -0.25) is 4.79 Å². The second-order valence-electron chi connectivity index (χ2n) is 6.18. The Labute approximate surface area is 194 Å². The summed E-state index contributed by atoms with van der Waals surface area (Å²) in [7, 11) is 0.684. The molecule has 0 spiro atoms. The van der Waals surface area contributed by atoms with E-state index in [1.54, 1.807) is 6.92 Å². The van der Waals surface area contributed by atoms with Gasteiger partial charge < -0.3 is 4.74 Å². The van der Waals surface area contributed by atoms with Gasteiger partial charge in [-0.25, -0.2) is 8.42 Å². The highest BCUT2D eigenvalue weighted by Gasteiger charge is 2.37. The van der Waals surface area contributed by atoms with E-state index in [9.17, 15) is 26.4 Å². The highest BCUT2D eigenvalue weighted by atomic mass is 36.0. The Hall–Kier alpha value is -0.790. The molecule has 0 saturated carbocycles. The Balaban J connectivity index is 0.00000135. The lowest BCUT2D eigenvalue weighted by molar-refractivity contribution is -0.144. The maximum Gasteiger partial charge on any atom is 0.416 e. The molecule has 0 aliphatic carbocycles. The lowest BCUT2D eigenvalue weighted by atomic mass is 10.0. The topological polar surface area (TPSA) is 97.8 Å². The van der Waals surface area contributed by atoms with Crippen molar-refractivity contribution in [1.82, 2.24) is 4.31 Å². The van der Waals surface area contributed by atoms with Crippen molar-refractivity contribution in [3.63, 3.8) is 0 Å². The van der Waals surface area contributed by atoms with Crippen LogP contribution in [-0.2, 0) is 34.0 Å². The van der Waals surface area contributed by atoms with Crippen LogP contribution in [0.1, 0.15) is 38.2 Å². The third-order valence-corrected chi connectivity index (χ3v) is 6.00. The van der Waals surface area contributed by atoms with E-state index < -0.39 is 46.9 Å². The van der Waals surface area contributed by atoms with E-state index in [1.807, 2.05) is 0 Å². The molecule has 0 aromatic heterocycles. The number of nitrogens with zero attached hydrogens (tertiary/aromatic N) is 1. The summed E-state index contributed by atoms with van der Waals surface area (Å²) in [5.74, 6) is -0.515. The summed E-state index contributed by atoms with van der Waals surface area (Å²) in [6.45, 7) is 2.00. The number of rotatable bonds is 5. The number of alkyl halides is 3. The van der Waals surface area contributed by atoms with Gasteiger partial charge in [0.1, 0.15) is 0 Å². The van der Waals surface area contributed by atoms with Gasteiger partial charge in [0.2, 0.25) is 10.0 Å². The number of sulfonamides is 1. The Kier molecular flexibility index (Phi) is 12.1. The first-order valence-electron chi connectivity index (χ1n) is 8.65. The first kappa shape index (κ1) is 30.2. The first-order chi connectivity index (χ1) is 13.7. The minimum atomic E-state index is -4.63. The molecule has 1 aromatic carbocycles. The van der Waals surface area contributed by atoms with Gasteiger partial charge in [0.15, 0.2) is 0 Å². The highest BCUT2D eigenvalue weighted by Crippen LogP contribution is 2.33. The molecular formula is C16H21Cl3F3NO6S2. The zero-order valence-corrected chi connectivity index (χ0v) is 20.1. The van der Waals surface area contributed by atoms with E-state index in [2.05, 4.69) is 21.4 Å².